The van der Waals surface area contributed by atoms with Crippen LogP contribution in [-0.2, 0) is 4.79 Å². The molecule has 1 aromatic heterocycles. The van der Waals surface area contributed by atoms with Gasteiger partial charge in [-0.25, -0.2) is 4.98 Å². The highest BCUT2D eigenvalue weighted by atomic mass is 35.5. The van der Waals surface area contributed by atoms with Crippen molar-refractivity contribution in [3.05, 3.63) is 24.5 Å². The maximum Gasteiger partial charge on any atom is 0.298 e. The first-order valence-corrected chi connectivity index (χ1v) is 3.44. The summed E-state index contributed by atoms with van der Waals surface area (Å²) in [6.45, 7) is 0.392. The molecule has 0 amide bonds. The van der Waals surface area contributed by atoms with Gasteiger partial charge in [-0.15, -0.1) is 12.4 Å². The monoisotopic (exact) mass is 198 g/mol. The number of hydrogen-bond donors (Lipinski definition) is 1. The Kier molecular flexibility index (Phi) is 2.87. The lowest BCUT2D eigenvalue weighted by molar-refractivity contribution is -0.120. The average molecular weight is 199 g/mol. The Hall–Kier alpha value is -1.55. The maximum atomic E-state index is 10.1. The van der Waals surface area contributed by atoms with Crippen LogP contribution in [0.2, 0.25) is 0 Å². The van der Waals surface area contributed by atoms with E-state index in [1.165, 1.54) is 0 Å². The molecule has 1 N–H and O–H groups in total. The van der Waals surface area contributed by atoms with Crippen LogP contribution in [-0.4, -0.2) is 16.4 Å². The number of aromatic amines is 1. The van der Waals surface area contributed by atoms with Crippen molar-refractivity contribution in [1.29, 1.82) is 0 Å². The summed E-state index contributed by atoms with van der Waals surface area (Å²) in [5, 5.41) is 0. The van der Waals surface area contributed by atoms with E-state index >= 15 is 0 Å². The van der Waals surface area contributed by atoms with E-state index in [4.69, 9.17) is 4.74 Å². The van der Waals surface area contributed by atoms with Crippen molar-refractivity contribution in [2.45, 2.75) is 0 Å². The Morgan fingerprint density at radius 3 is 3.08 bits per heavy atom. The zero-order valence-corrected chi connectivity index (χ0v) is 7.38. The van der Waals surface area contributed by atoms with Crippen molar-refractivity contribution in [1.82, 2.24) is 9.97 Å². The summed E-state index contributed by atoms with van der Waals surface area (Å²) < 4.78 is 4.71. The fraction of sp³-hybridized carbons (Fsp3) is 0. The molecule has 2 rings (SSSR count). The Bertz CT molecular complexity index is 413. The smallest absolute Gasteiger partial charge is 0.298 e. The SMILES string of the molecule is Cl.O=COc1cccc2[nH]cnc12. The van der Waals surface area contributed by atoms with Crippen LogP contribution in [0.5, 0.6) is 5.75 Å². The van der Waals surface area contributed by atoms with Crippen LogP contribution in [0.4, 0.5) is 0 Å². The third-order valence-corrected chi connectivity index (χ3v) is 1.59. The second-order valence-electron chi connectivity index (χ2n) is 2.27. The maximum absolute atomic E-state index is 10.1. The molecule has 1 aromatic carbocycles. The summed E-state index contributed by atoms with van der Waals surface area (Å²) in [5.74, 6) is 0.476. The van der Waals surface area contributed by atoms with E-state index in [1.54, 1.807) is 18.5 Å². The number of hydrogen-bond acceptors (Lipinski definition) is 3. The highest BCUT2D eigenvalue weighted by Gasteiger charge is 2.02. The van der Waals surface area contributed by atoms with Crippen molar-refractivity contribution >= 4 is 29.9 Å². The van der Waals surface area contributed by atoms with Gasteiger partial charge in [-0.1, -0.05) is 6.07 Å². The molecule has 1 heterocycles. The Morgan fingerprint density at radius 1 is 1.46 bits per heavy atom. The molecule has 13 heavy (non-hydrogen) atoms. The third kappa shape index (κ3) is 1.62. The Morgan fingerprint density at radius 2 is 2.31 bits per heavy atom. The van der Waals surface area contributed by atoms with Crippen molar-refractivity contribution in [2.24, 2.45) is 0 Å². The number of nitrogens with zero attached hydrogens (tertiary/aromatic N) is 1. The Labute approximate surface area is 80.3 Å². The van der Waals surface area contributed by atoms with Crippen LogP contribution < -0.4 is 4.74 Å². The number of fused-ring (bicyclic) bond motifs is 1. The number of imidazole rings is 1. The van der Waals surface area contributed by atoms with Gasteiger partial charge < -0.3 is 9.72 Å². The molecule has 0 aliphatic rings. The summed E-state index contributed by atoms with van der Waals surface area (Å²) in [6, 6.07) is 5.34. The molecule has 0 bridgehead atoms. The molecule has 0 unspecified atom stereocenters. The number of carbonyl (C=O) groups is 1. The molecule has 4 nitrogen and oxygen atoms in total. The molecule has 0 radical (unpaired) electrons. The number of halogens is 1. The van der Waals surface area contributed by atoms with Crippen molar-refractivity contribution in [3.63, 3.8) is 0 Å². The van der Waals surface area contributed by atoms with Gasteiger partial charge in [0.1, 0.15) is 5.52 Å². The topological polar surface area (TPSA) is 55.0 Å². The van der Waals surface area contributed by atoms with Crippen molar-refractivity contribution < 1.29 is 9.53 Å². The molecule has 0 spiro atoms. The lowest BCUT2D eigenvalue weighted by atomic mass is 10.3. The van der Waals surface area contributed by atoms with Gasteiger partial charge in [-0.2, -0.15) is 0 Å². The lowest BCUT2D eigenvalue weighted by Crippen LogP contribution is -1.88. The molecular formula is C8H7ClN2O2. The number of para-hydroxylation sites is 1. The predicted molar refractivity (Wildman–Crippen MR) is 50.0 cm³/mol. The largest absolute Gasteiger partial charge is 0.426 e. The van der Waals surface area contributed by atoms with E-state index in [0.29, 0.717) is 17.7 Å². The summed E-state index contributed by atoms with van der Waals surface area (Å²) >= 11 is 0. The first-order valence-electron chi connectivity index (χ1n) is 3.44. The van der Waals surface area contributed by atoms with Gasteiger partial charge in [0, 0.05) is 0 Å². The van der Waals surface area contributed by atoms with Gasteiger partial charge in [-0.3, -0.25) is 4.79 Å². The number of ether oxygens (including phenoxy) is 1. The first kappa shape index (κ1) is 9.54. The minimum absolute atomic E-state index is 0. The quantitative estimate of drug-likeness (QED) is 0.745. The van der Waals surface area contributed by atoms with Crippen LogP contribution in [0.15, 0.2) is 24.5 Å². The van der Waals surface area contributed by atoms with Gasteiger partial charge in [-0.05, 0) is 12.1 Å². The minimum atomic E-state index is 0. The molecule has 0 saturated heterocycles. The van der Waals surface area contributed by atoms with Crippen LogP contribution >= 0.6 is 12.4 Å². The molecule has 0 aliphatic heterocycles. The molecule has 68 valence electrons. The summed E-state index contributed by atoms with van der Waals surface area (Å²) in [7, 11) is 0. The minimum Gasteiger partial charge on any atom is -0.426 e. The number of nitrogens with one attached hydrogen (secondary N) is 1. The van der Waals surface area contributed by atoms with Crippen molar-refractivity contribution in [3.8, 4) is 5.75 Å². The second kappa shape index (κ2) is 3.91. The molecule has 0 aliphatic carbocycles. The first-order chi connectivity index (χ1) is 5.92. The molecule has 0 saturated carbocycles. The van der Waals surface area contributed by atoms with E-state index in [0.717, 1.165) is 5.52 Å². The number of benzene rings is 1. The van der Waals surface area contributed by atoms with Gasteiger partial charge in [0.15, 0.2) is 5.75 Å². The highest BCUT2D eigenvalue weighted by molar-refractivity contribution is 5.85. The fourth-order valence-corrected chi connectivity index (χ4v) is 1.09. The molecule has 0 atom stereocenters. The molecule has 5 heteroatoms. The normalized spacial score (nSPS) is 9.23. The third-order valence-electron chi connectivity index (χ3n) is 1.59. The van der Waals surface area contributed by atoms with Crippen LogP contribution in [0.25, 0.3) is 11.0 Å². The number of aromatic nitrogens is 2. The van der Waals surface area contributed by atoms with E-state index in [1.807, 2.05) is 6.07 Å². The zero-order valence-electron chi connectivity index (χ0n) is 6.56. The fourth-order valence-electron chi connectivity index (χ4n) is 1.09. The predicted octanol–water partition coefficient (Wildman–Crippen LogP) is 1.52. The van der Waals surface area contributed by atoms with Gasteiger partial charge in [0.05, 0.1) is 11.8 Å². The summed E-state index contributed by atoms with van der Waals surface area (Å²) in [4.78, 5) is 17.0. The molecule has 2 aromatic rings. The standard InChI is InChI=1S/C8H6N2O2.ClH/c11-5-12-7-3-1-2-6-8(7)10-4-9-6;/h1-5H,(H,9,10);1H. The Balaban J connectivity index is 0.000000845. The highest BCUT2D eigenvalue weighted by Crippen LogP contribution is 2.20. The van der Waals surface area contributed by atoms with E-state index in [9.17, 15) is 4.79 Å². The summed E-state index contributed by atoms with van der Waals surface area (Å²) in [5.41, 5.74) is 1.53. The average Bonchev–Trinajstić information content (AvgIpc) is 2.53. The number of rotatable bonds is 2. The second-order valence-corrected chi connectivity index (χ2v) is 2.27. The zero-order chi connectivity index (χ0) is 8.39. The van der Waals surface area contributed by atoms with E-state index in [-0.39, 0.29) is 12.4 Å². The molecule has 0 fully saturated rings. The van der Waals surface area contributed by atoms with Crippen LogP contribution in [0, 0.1) is 0 Å². The van der Waals surface area contributed by atoms with Gasteiger partial charge >= 0.3 is 0 Å². The summed E-state index contributed by atoms with van der Waals surface area (Å²) in [6.07, 6.45) is 1.56. The van der Waals surface area contributed by atoms with E-state index < -0.39 is 0 Å². The number of carbonyl (C=O) groups excluding carboxylic acids is 1. The van der Waals surface area contributed by atoms with Crippen LogP contribution in [0.3, 0.4) is 0 Å². The lowest BCUT2D eigenvalue weighted by Gasteiger charge is -1.96. The number of H-pyrrole nitrogens is 1. The van der Waals surface area contributed by atoms with Gasteiger partial charge in [0.25, 0.3) is 6.47 Å². The van der Waals surface area contributed by atoms with Gasteiger partial charge in [0.2, 0.25) is 0 Å². The van der Waals surface area contributed by atoms with Crippen molar-refractivity contribution in [2.75, 3.05) is 0 Å². The van der Waals surface area contributed by atoms with E-state index in [2.05, 4.69) is 9.97 Å². The molecular weight excluding hydrogens is 192 g/mol. The van der Waals surface area contributed by atoms with Crippen LogP contribution in [0.1, 0.15) is 0 Å².